The van der Waals surface area contributed by atoms with Crippen molar-refractivity contribution in [2.45, 2.75) is 226 Å². The van der Waals surface area contributed by atoms with Crippen molar-refractivity contribution < 1.29 is 69.4 Å². The Balaban J connectivity index is 4.89. The number of carbonyl (C=O) groups is 3. The molecule has 18 heteroatoms. The molecule has 0 N–H and O–H groups in total. The van der Waals surface area contributed by atoms with E-state index in [1.54, 1.807) is 0 Å². The molecule has 0 bridgehead atoms. The van der Waals surface area contributed by atoms with Crippen LogP contribution in [0.25, 0.3) is 0 Å². The number of rotatable bonds is 21. The van der Waals surface area contributed by atoms with Crippen LogP contribution in [0.5, 0.6) is 0 Å². The van der Waals surface area contributed by atoms with E-state index in [2.05, 4.69) is 0 Å². The van der Waals surface area contributed by atoms with E-state index >= 15 is 28.1 Å². The molecule has 1 atom stereocenters. The third-order valence-electron chi connectivity index (χ3n) is 12.5. The second-order valence-corrected chi connectivity index (χ2v) is 24.0. The molecule has 0 amide bonds. The van der Waals surface area contributed by atoms with Crippen LogP contribution in [-0.4, -0.2) is 87.4 Å². The van der Waals surface area contributed by atoms with Crippen molar-refractivity contribution in [3.8, 4) is 0 Å². The predicted molar refractivity (Wildman–Crippen MR) is 261 cm³/mol. The van der Waals surface area contributed by atoms with E-state index in [1.165, 1.54) is 114 Å². The molecule has 1 unspecified atom stereocenters. The van der Waals surface area contributed by atoms with Gasteiger partial charge in [0.2, 0.25) is 10.1 Å². The molecule has 390 valence electrons. The molecule has 0 radical (unpaired) electrons. The Morgan fingerprint density at radius 1 is 0.318 bits per heavy atom. The Kier molecular flexibility index (Phi) is 32.6. The molecule has 1 saturated carbocycles. The van der Waals surface area contributed by atoms with Crippen molar-refractivity contribution in [2.24, 2.45) is 5.41 Å². The average molecular weight is 1000 g/mol. The van der Waals surface area contributed by atoms with Gasteiger partial charge in [-0.15, -0.1) is 0 Å². The second kappa shape index (κ2) is 34.2. The van der Waals surface area contributed by atoms with Crippen LogP contribution in [0.4, 0.5) is 0 Å². The van der Waals surface area contributed by atoms with Gasteiger partial charge in [0.15, 0.2) is 5.41 Å². The zero-order valence-corrected chi connectivity index (χ0v) is 45.5. The first kappa shape index (κ1) is 62.9. The number of carbonyl (C=O) groups excluding carboxylic acids is 3. The van der Waals surface area contributed by atoms with Gasteiger partial charge in [-0.25, -0.2) is 0 Å². The molecule has 15 nitrogen and oxygen atoms in total. The first-order chi connectivity index (χ1) is 31.8. The molecular formula is C48H93O15P3. The van der Waals surface area contributed by atoms with Gasteiger partial charge in [-0.05, 0) is 75.2 Å². The predicted octanol–water partition coefficient (Wildman–Crippen LogP) is 14.3. The first-order valence-corrected chi connectivity index (χ1v) is 30.6. The molecule has 0 aromatic rings. The lowest BCUT2D eigenvalue weighted by Crippen LogP contribution is -2.73. The monoisotopic (exact) mass is 1000 g/mol. The molecule has 66 heavy (non-hydrogen) atoms. The van der Waals surface area contributed by atoms with E-state index in [0.29, 0.717) is 25.7 Å². The first-order valence-electron chi connectivity index (χ1n) is 26.0. The third kappa shape index (κ3) is 15.7. The smallest absolute Gasteiger partial charge is 0.351 e. The Bertz CT molecular complexity index is 1410. The summed E-state index contributed by atoms with van der Waals surface area (Å²) in [6.07, 6.45) is 19.2. The highest BCUT2D eigenvalue weighted by Crippen LogP contribution is 2.91. The Morgan fingerprint density at radius 3 is 0.803 bits per heavy atom. The summed E-state index contributed by atoms with van der Waals surface area (Å²) in [6, 6.07) is 0. The maximum absolute atomic E-state index is 16.9. The van der Waals surface area contributed by atoms with Crippen molar-refractivity contribution in [2.75, 3.05) is 59.5 Å². The minimum Gasteiger partial charge on any atom is -0.465 e. The summed E-state index contributed by atoms with van der Waals surface area (Å²) in [5, 5.41) is -3.53. The molecule has 1 fully saturated rings. The molecule has 0 aromatic carbocycles. The summed E-state index contributed by atoms with van der Waals surface area (Å²) in [6.45, 7) is 10.3. The van der Waals surface area contributed by atoms with Crippen LogP contribution in [0.1, 0.15) is 216 Å². The van der Waals surface area contributed by atoms with Crippen LogP contribution >= 0.6 is 22.8 Å². The molecule has 0 aromatic heterocycles. The summed E-state index contributed by atoms with van der Waals surface area (Å²) in [5.74, 6) is -4.24. The van der Waals surface area contributed by atoms with Crippen molar-refractivity contribution in [3.05, 3.63) is 0 Å². The quantitative estimate of drug-likeness (QED) is 0.0457. The minimum atomic E-state index is -5.63. The molecule has 1 rings (SSSR count). The van der Waals surface area contributed by atoms with Crippen LogP contribution in [0.2, 0.25) is 0 Å². The third-order valence-corrected chi connectivity index (χ3v) is 22.6. The summed E-state index contributed by atoms with van der Waals surface area (Å²) in [4.78, 5) is 44.4. The number of hydrogen-bond donors (Lipinski definition) is 0. The van der Waals surface area contributed by atoms with Gasteiger partial charge in [-0.1, -0.05) is 141 Å². The fraction of sp³-hybridized carbons (Fsp3) is 0.938. The average Bonchev–Trinajstić information content (AvgIpc) is 3.26. The Hall–Kier alpha value is -1.14. The molecule has 0 aliphatic heterocycles. The van der Waals surface area contributed by atoms with Gasteiger partial charge in [0.25, 0.3) is 0 Å². The summed E-state index contributed by atoms with van der Waals surface area (Å²) < 4.78 is 106. The van der Waals surface area contributed by atoms with E-state index in [-0.39, 0.29) is 52.5 Å². The molecule has 0 spiro atoms. The minimum absolute atomic E-state index is 0.0371. The van der Waals surface area contributed by atoms with Gasteiger partial charge in [-0.2, -0.15) is 0 Å². The number of ether oxygens (including phenoxy) is 3. The van der Waals surface area contributed by atoms with Gasteiger partial charge in [-0.3, -0.25) is 28.1 Å². The molecule has 1 aliphatic rings. The highest BCUT2D eigenvalue weighted by Gasteiger charge is 2.93. The van der Waals surface area contributed by atoms with Crippen molar-refractivity contribution >= 4 is 40.7 Å². The van der Waals surface area contributed by atoms with Gasteiger partial charge in [0.1, 0.15) is 0 Å². The fourth-order valence-corrected chi connectivity index (χ4v) is 20.5. The van der Waals surface area contributed by atoms with Gasteiger partial charge >= 0.3 is 40.7 Å². The normalized spacial score (nSPS) is 21.2. The maximum Gasteiger partial charge on any atom is 0.351 e. The lowest BCUT2D eigenvalue weighted by Gasteiger charge is -2.57. The van der Waals surface area contributed by atoms with Crippen LogP contribution in [-0.2, 0) is 69.4 Å². The van der Waals surface area contributed by atoms with Crippen LogP contribution in [0.3, 0.4) is 0 Å². The second-order valence-electron chi connectivity index (χ2n) is 16.9. The topological polar surface area (TPSA) is 185 Å². The van der Waals surface area contributed by atoms with Crippen LogP contribution in [0.15, 0.2) is 0 Å². The van der Waals surface area contributed by atoms with Crippen molar-refractivity contribution in [1.82, 2.24) is 0 Å². The summed E-state index contributed by atoms with van der Waals surface area (Å²) >= 11 is 0. The summed E-state index contributed by atoms with van der Waals surface area (Å²) in [7, 11) is -16.4. The zero-order chi connectivity index (χ0) is 49.4. The standard InChI is InChI=1S/C48H93O15P3/c1-10-55-43(49)46(44(50)56-11-2)41-39-37-35-33-31-29-27-25-23-21-19-20-22-24-26-28-30-32-34-36-38-40-42-47(64(52,58-13-4)59-14-5,65(53,60-15-6)61-16-7)48(46,45(51)57-12-3)66(54,62-17-8)63-18-9/h10-42H2,1-9H3. The molecule has 0 saturated heterocycles. The largest absolute Gasteiger partial charge is 0.465 e. The van der Waals surface area contributed by atoms with E-state index in [9.17, 15) is 0 Å². The fourth-order valence-electron chi connectivity index (χ4n) is 9.80. The number of esters is 3. The lowest BCUT2D eigenvalue weighted by molar-refractivity contribution is -0.185. The van der Waals surface area contributed by atoms with Gasteiger partial charge in [0, 0.05) is 0 Å². The summed E-state index contributed by atoms with van der Waals surface area (Å²) in [5.41, 5.74) is -3.11. The molecule has 1 aliphatic carbocycles. The van der Waals surface area contributed by atoms with E-state index in [0.717, 1.165) is 51.4 Å². The van der Waals surface area contributed by atoms with Crippen LogP contribution < -0.4 is 0 Å². The van der Waals surface area contributed by atoms with Crippen molar-refractivity contribution in [3.63, 3.8) is 0 Å². The van der Waals surface area contributed by atoms with Gasteiger partial charge in [0.05, 0.1) is 59.5 Å². The molecular weight excluding hydrogens is 909 g/mol. The van der Waals surface area contributed by atoms with Crippen molar-refractivity contribution in [1.29, 1.82) is 0 Å². The van der Waals surface area contributed by atoms with E-state index in [1.807, 2.05) is 0 Å². The Labute approximate surface area is 400 Å². The Morgan fingerprint density at radius 2 is 0.545 bits per heavy atom. The van der Waals surface area contributed by atoms with E-state index < -0.39 is 88.8 Å². The zero-order valence-electron chi connectivity index (χ0n) is 42.8. The van der Waals surface area contributed by atoms with Gasteiger partial charge < -0.3 is 41.4 Å². The highest BCUT2D eigenvalue weighted by atomic mass is 31.2. The highest BCUT2D eigenvalue weighted by molar-refractivity contribution is 7.76. The molecule has 0 heterocycles. The van der Waals surface area contributed by atoms with Crippen LogP contribution in [0, 0.1) is 5.41 Å². The lowest BCUT2D eigenvalue weighted by atomic mass is 9.67. The number of hydrogen-bond acceptors (Lipinski definition) is 15. The SMILES string of the molecule is CCOC(=O)C1(C(=O)OCC)CCCCCCCCCCCCCCCCCCCCCCCCC(P(=O)(OCC)OCC)(P(=O)(OCC)OCC)C1(C(=O)OCC)P(=O)(OCC)OCC. The van der Waals surface area contributed by atoms with E-state index in [4.69, 9.17) is 41.4 Å². The maximum atomic E-state index is 16.9.